The molecule has 4 aromatic rings. The van der Waals surface area contributed by atoms with Gasteiger partial charge in [-0.25, -0.2) is 9.36 Å². The molecule has 13 heteroatoms. The standard InChI is InChI=1S/2C18H16ClN4O.Fe/c2*1-22-18(24)17(19)16(12-20-22)23(13-15-9-3-2-4-10-15)21-11-14-7-5-6-8-14;/h2*2-12H,13H2,1H3;/q;;+2/b2*21-11+;. The van der Waals surface area contributed by atoms with Crippen LogP contribution in [0.2, 0.25) is 10.0 Å². The number of rotatable bonds is 10. The molecule has 2 heterocycles. The maximum atomic E-state index is 12.1. The Kier molecular flexibility index (Phi) is 14.6. The summed E-state index contributed by atoms with van der Waals surface area (Å²) in [7, 11) is 3.12. The second-order valence-electron chi connectivity index (χ2n) is 10.6. The third kappa shape index (κ3) is 10.6. The van der Waals surface area contributed by atoms with Gasteiger partial charge >= 0.3 is 17.1 Å². The summed E-state index contributed by atoms with van der Waals surface area (Å²) < 4.78 is 2.40. The smallest absolute Gasteiger partial charge is 0.266 e. The van der Waals surface area contributed by atoms with Crippen molar-refractivity contribution in [2.45, 2.75) is 13.1 Å². The van der Waals surface area contributed by atoms with Gasteiger partial charge in [0.25, 0.3) is 11.1 Å². The number of aromatic nitrogens is 4. The Morgan fingerprint density at radius 1 is 0.633 bits per heavy atom. The first-order valence-electron chi connectivity index (χ1n) is 14.9. The third-order valence-electron chi connectivity index (χ3n) is 7.10. The molecule has 2 saturated carbocycles. The van der Waals surface area contributed by atoms with Crippen LogP contribution in [0.3, 0.4) is 0 Å². The van der Waals surface area contributed by atoms with Gasteiger partial charge in [-0.15, -0.1) is 0 Å². The van der Waals surface area contributed by atoms with Crippen molar-refractivity contribution < 1.29 is 17.1 Å². The van der Waals surface area contributed by atoms with Gasteiger partial charge in [0.15, 0.2) is 0 Å². The molecule has 10 nitrogen and oxygen atoms in total. The number of halogens is 2. The third-order valence-corrected chi connectivity index (χ3v) is 7.81. The van der Waals surface area contributed by atoms with E-state index >= 15 is 0 Å². The average molecular weight is 735 g/mol. The van der Waals surface area contributed by atoms with Crippen LogP contribution >= 0.6 is 23.2 Å². The van der Waals surface area contributed by atoms with E-state index in [1.807, 2.05) is 112 Å². The van der Waals surface area contributed by atoms with Gasteiger partial charge < -0.3 is 0 Å². The number of hydrogen-bond donors (Lipinski definition) is 0. The molecular formula is C36H32Cl2FeN8O2+2. The minimum atomic E-state index is -0.351. The van der Waals surface area contributed by atoms with Crippen LogP contribution in [-0.4, -0.2) is 32.0 Å². The maximum absolute atomic E-state index is 12.1. The summed E-state index contributed by atoms with van der Waals surface area (Å²) in [5.74, 6) is 1.95. The first-order chi connectivity index (χ1) is 23.3. The van der Waals surface area contributed by atoms with Gasteiger partial charge in [0.05, 0.1) is 25.5 Å². The zero-order valence-corrected chi connectivity index (χ0v) is 29.2. The Morgan fingerprint density at radius 3 is 1.33 bits per heavy atom. The van der Waals surface area contributed by atoms with Crippen molar-refractivity contribution in [3.8, 4) is 0 Å². The maximum Gasteiger partial charge on any atom is 2.00 e. The van der Waals surface area contributed by atoms with Crippen LogP contribution < -0.4 is 21.1 Å². The van der Waals surface area contributed by atoms with Gasteiger partial charge in [-0.3, -0.25) is 19.6 Å². The predicted molar refractivity (Wildman–Crippen MR) is 192 cm³/mol. The van der Waals surface area contributed by atoms with E-state index in [9.17, 15) is 9.59 Å². The van der Waals surface area contributed by atoms with E-state index in [0.717, 1.165) is 23.0 Å². The number of nitrogens with zero attached hydrogens (tertiary/aromatic N) is 8. The summed E-state index contributed by atoms with van der Waals surface area (Å²) in [6.07, 6.45) is 22.1. The molecule has 248 valence electrons. The molecule has 2 fully saturated rings. The summed E-state index contributed by atoms with van der Waals surface area (Å²) in [6.45, 7) is 0.958. The van der Waals surface area contributed by atoms with E-state index in [1.165, 1.54) is 9.36 Å². The molecule has 2 aromatic carbocycles. The van der Waals surface area contributed by atoms with E-state index in [0.29, 0.717) is 24.5 Å². The number of benzene rings is 2. The van der Waals surface area contributed by atoms with Crippen LogP contribution in [0.15, 0.2) is 92.8 Å². The summed E-state index contributed by atoms with van der Waals surface area (Å²) in [5.41, 5.74) is 2.35. The summed E-state index contributed by atoms with van der Waals surface area (Å²) in [6, 6.07) is 19.7. The molecule has 0 unspecified atom stereocenters. The molecule has 0 N–H and O–H groups in total. The Labute approximate surface area is 307 Å². The molecule has 0 atom stereocenters. The van der Waals surface area contributed by atoms with Gasteiger partial charge in [-0.1, -0.05) is 83.9 Å². The number of hydrazone groups is 2. The van der Waals surface area contributed by atoms with Gasteiger partial charge in [-0.05, 0) is 62.5 Å². The van der Waals surface area contributed by atoms with Crippen molar-refractivity contribution in [1.82, 2.24) is 19.6 Å². The minimum Gasteiger partial charge on any atom is -0.266 e. The Balaban J connectivity index is 0.000000216. The Bertz CT molecular complexity index is 1670. The average Bonchev–Trinajstić information content (AvgIpc) is 3.83. The van der Waals surface area contributed by atoms with Crippen LogP contribution in [0, 0.1) is 63.2 Å². The van der Waals surface area contributed by atoms with Gasteiger partial charge in [0.1, 0.15) is 21.4 Å². The first kappa shape index (κ1) is 38.0. The molecule has 0 amide bonds. The molecule has 49 heavy (non-hydrogen) atoms. The summed E-state index contributed by atoms with van der Waals surface area (Å²) in [4.78, 5) is 24.1. The number of hydrogen-bond acceptors (Lipinski definition) is 8. The zero-order valence-electron chi connectivity index (χ0n) is 26.6. The molecule has 0 aliphatic heterocycles. The molecule has 6 rings (SSSR count). The molecule has 0 spiro atoms. The van der Waals surface area contributed by atoms with Crippen molar-refractivity contribution in [1.29, 1.82) is 0 Å². The van der Waals surface area contributed by atoms with E-state index in [1.54, 1.807) is 48.9 Å². The van der Waals surface area contributed by atoms with E-state index in [4.69, 9.17) is 23.2 Å². The molecule has 10 radical (unpaired) electrons. The van der Waals surface area contributed by atoms with Crippen LogP contribution in [-0.2, 0) is 44.3 Å². The van der Waals surface area contributed by atoms with Crippen molar-refractivity contribution >= 4 is 47.0 Å². The molecule has 2 aliphatic rings. The normalized spacial score (nSPS) is 14.9. The zero-order chi connectivity index (χ0) is 33.9. The topological polar surface area (TPSA) is 101 Å². The summed E-state index contributed by atoms with van der Waals surface area (Å²) >= 11 is 12.5. The second kappa shape index (κ2) is 18.9. The summed E-state index contributed by atoms with van der Waals surface area (Å²) in [5, 5.41) is 20.7. The van der Waals surface area contributed by atoms with E-state index < -0.39 is 0 Å². The molecule has 2 aliphatic carbocycles. The number of aryl methyl sites for hydroxylation is 2. The van der Waals surface area contributed by atoms with Crippen LogP contribution in [0.5, 0.6) is 0 Å². The fraction of sp³-hybridized carbons (Fsp3) is 0.111. The predicted octanol–water partition coefficient (Wildman–Crippen LogP) is 5.66. The fourth-order valence-corrected chi connectivity index (χ4v) is 5.01. The van der Waals surface area contributed by atoms with Crippen molar-refractivity contribution in [2.24, 2.45) is 24.3 Å². The quantitative estimate of drug-likeness (QED) is 0.119. The van der Waals surface area contributed by atoms with Gasteiger partial charge in [0, 0.05) is 38.4 Å². The number of anilines is 2. The molecular weight excluding hydrogens is 703 g/mol. The molecule has 2 aromatic heterocycles. The van der Waals surface area contributed by atoms with E-state index in [2.05, 4.69) is 20.4 Å². The molecule has 0 bridgehead atoms. The van der Waals surface area contributed by atoms with Crippen LogP contribution in [0.4, 0.5) is 11.4 Å². The van der Waals surface area contributed by atoms with Crippen LogP contribution in [0.25, 0.3) is 0 Å². The molecule has 0 saturated heterocycles. The van der Waals surface area contributed by atoms with Crippen LogP contribution in [0.1, 0.15) is 11.1 Å². The fourth-order valence-electron chi connectivity index (χ4n) is 4.48. The van der Waals surface area contributed by atoms with Crippen molar-refractivity contribution in [3.63, 3.8) is 0 Å². The SMILES string of the molecule is Cn1ncc(N(Cc2ccccc2)/N=C/[C]2[CH][CH][CH][CH]2)c(Cl)c1=O.Cn1ncc(N(Cc2ccccc2)/N=C/[C]2[CH][CH][CH][CH]2)c(Cl)c1=O.[Fe+2]. The first-order valence-corrected chi connectivity index (χ1v) is 15.6. The van der Waals surface area contributed by atoms with Crippen molar-refractivity contribution in [2.75, 3.05) is 10.0 Å². The monoisotopic (exact) mass is 734 g/mol. The van der Waals surface area contributed by atoms with Gasteiger partial charge in [0.2, 0.25) is 0 Å². The second-order valence-corrected chi connectivity index (χ2v) is 11.3. The Hall–Kier alpha value is -3.76. The van der Waals surface area contributed by atoms with Crippen molar-refractivity contribution in [3.05, 3.63) is 178 Å². The Morgan fingerprint density at radius 2 is 0.980 bits per heavy atom. The minimum absolute atomic E-state index is 0. The van der Waals surface area contributed by atoms with E-state index in [-0.39, 0.29) is 38.2 Å². The largest absolute Gasteiger partial charge is 2.00 e. The van der Waals surface area contributed by atoms with Gasteiger partial charge in [-0.2, -0.15) is 20.4 Å².